The Bertz CT molecular complexity index is 1190. The van der Waals surface area contributed by atoms with Gasteiger partial charge in [0.1, 0.15) is 17.9 Å². The maximum Gasteiger partial charge on any atom is 0.152 e. The summed E-state index contributed by atoms with van der Waals surface area (Å²) in [6, 6.07) is 16.8. The number of nitrogens with two attached hydrogens (primary N) is 1. The molecule has 162 valence electrons. The molecule has 4 aromatic rings. The number of benzene rings is 2. The van der Waals surface area contributed by atoms with Gasteiger partial charge in [0.25, 0.3) is 0 Å². The van der Waals surface area contributed by atoms with Crippen LogP contribution in [-0.2, 0) is 30.7 Å². The number of aromatic nitrogens is 3. The molecule has 6 nitrogen and oxygen atoms in total. The molecule has 0 fully saturated rings. The molecule has 0 aliphatic carbocycles. The van der Waals surface area contributed by atoms with Crippen molar-refractivity contribution in [3.05, 3.63) is 65.5 Å². The lowest BCUT2D eigenvalue weighted by atomic mass is 10.0. The molecule has 3 N–H and O–H groups in total. The number of pyridine rings is 1. The highest BCUT2D eigenvalue weighted by Crippen LogP contribution is 2.31. The van der Waals surface area contributed by atoms with E-state index >= 15 is 0 Å². The molecular formula is C25H30N4O2. The zero-order chi connectivity index (χ0) is 22.0. The molecule has 2 aromatic heterocycles. The maximum absolute atomic E-state index is 10.6. The first kappa shape index (κ1) is 21.3. The summed E-state index contributed by atoms with van der Waals surface area (Å²) in [5.74, 6) is 1.14. The van der Waals surface area contributed by atoms with Crippen LogP contribution in [0.4, 0.5) is 5.82 Å². The van der Waals surface area contributed by atoms with Gasteiger partial charge in [-0.1, -0.05) is 36.4 Å². The molecule has 0 amide bonds. The lowest BCUT2D eigenvalue weighted by Gasteiger charge is -2.20. The van der Waals surface area contributed by atoms with Crippen molar-refractivity contribution in [3.63, 3.8) is 0 Å². The van der Waals surface area contributed by atoms with Gasteiger partial charge in [-0.15, -0.1) is 0 Å². The minimum Gasteiger partial charge on any atom is -0.389 e. The van der Waals surface area contributed by atoms with Gasteiger partial charge in [-0.3, -0.25) is 0 Å². The molecule has 4 rings (SSSR count). The van der Waals surface area contributed by atoms with E-state index in [2.05, 4.69) is 41.4 Å². The summed E-state index contributed by atoms with van der Waals surface area (Å²) in [6.45, 7) is 6.87. The second-order valence-electron chi connectivity index (χ2n) is 8.60. The van der Waals surface area contributed by atoms with Crippen molar-refractivity contribution in [2.24, 2.45) is 0 Å². The van der Waals surface area contributed by atoms with Gasteiger partial charge in [0, 0.05) is 12.0 Å². The Kier molecular flexibility index (Phi) is 5.94. The predicted octanol–water partition coefficient (Wildman–Crippen LogP) is 4.26. The van der Waals surface area contributed by atoms with Crippen molar-refractivity contribution in [1.82, 2.24) is 14.5 Å². The summed E-state index contributed by atoms with van der Waals surface area (Å²) in [7, 11) is 0. The van der Waals surface area contributed by atoms with E-state index in [9.17, 15) is 5.11 Å². The van der Waals surface area contributed by atoms with Gasteiger partial charge in [0.15, 0.2) is 5.82 Å². The van der Waals surface area contributed by atoms with Crippen LogP contribution in [-0.4, -0.2) is 31.8 Å². The van der Waals surface area contributed by atoms with Gasteiger partial charge in [0.2, 0.25) is 0 Å². The Morgan fingerprint density at radius 2 is 1.77 bits per heavy atom. The number of imidazole rings is 1. The summed E-state index contributed by atoms with van der Waals surface area (Å²) >= 11 is 0. The molecule has 0 unspecified atom stereocenters. The number of hydrogen-bond acceptors (Lipinski definition) is 5. The van der Waals surface area contributed by atoms with Gasteiger partial charge in [-0.25, -0.2) is 9.97 Å². The van der Waals surface area contributed by atoms with Crippen LogP contribution >= 0.6 is 0 Å². The molecular weight excluding hydrogens is 388 g/mol. The SMILES string of the molecule is CCOCc1nc2c(N)nc3ccc(CCc4ccccc4)cc3c2n1CC(C)(C)O. The van der Waals surface area contributed by atoms with E-state index in [0.717, 1.165) is 35.1 Å². The zero-order valence-electron chi connectivity index (χ0n) is 18.4. The summed E-state index contributed by atoms with van der Waals surface area (Å²) < 4.78 is 7.68. The summed E-state index contributed by atoms with van der Waals surface area (Å²) in [5.41, 5.74) is 10.3. The topological polar surface area (TPSA) is 86.2 Å². The van der Waals surface area contributed by atoms with Gasteiger partial charge < -0.3 is 20.1 Å². The van der Waals surface area contributed by atoms with Crippen LogP contribution in [0.25, 0.3) is 21.9 Å². The number of rotatable bonds is 8. The minimum absolute atomic E-state index is 0.357. The number of nitrogen functional groups attached to an aromatic ring is 1. The summed E-state index contributed by atoms with van der Waals surface area (Å²) in [4.78, 5) is 9.34. The highest BCUT2D eigenvalue weighted by Gasteiger charge is 2.22. The Labute approximate surface area is 182 Å². The molecule has 6 heteroatoms. The Hall–Kier alpha value is -2.96. The van der Waals surface area contributed by atoms with E-state index < -0.39 is 5.60 Å². The Morgan fingerprint density at radius 3 is 2.48 bits per heavy atom. The first-order chi connectivity index (χ1) is 14.9. The third-order valence-electron chi connectivity index (χ3n) is 5.37. The van der Waals surface area contributed by atoms with Gasteiger partial charge in [0.05, 0.1) is 23.2 Å². The standard InChI is InChI=1S/C25H30N4O2/c1-4-31-15-21-28-22-23(29(21)16-25(2,3)30)19-14-18(12-13-20(19)27-24(22)26)11-10-17-8-6-5-7-9-17/h5-9,12-14,30H,4,10-11,15-16H2,1-3H3,(H2,26,27). The second kappa shape index (κ2) is 8.65. The Balaban J connectivity index is 1.83. The van der Waals surface area contributed by atoms with Crippen LogP contribution in [0.3, 0.4) is 0 Å². The van der Waals surface area contributed by atoms with Crippen LogP contribution < -0.4 is 5.73 Å². The normalized spacial score (nSPS) is 12.1. The zero-order valence-corrected chi connectivity index (χ0v) is 18.4. The van der Waals surface area contributed by atoms with Crippen molar-refractivity contribution in [3.8, 4) is 0 Å². The third-order valence-corrected chi connectivity index (χ3v) is 5.37. The molecule has 0 saturated heterocycles. The van der Waals surface area contributed by atoms with Gasteiger partial charge in [-0.2, -0.15) is 0 Å². The molecule has 0 aliphatic rings. The number of fused-ring (bicyclic) bond motifs is 3. The summed E-state index contributed by atoms with van der Waals surface area (Å²) in [6.07, 6.45) is 1.90. The maximum atomic E-state index is 10.6. The highest BCUT2D eigenvalue weighted by atomic mass is 16.5. The van der Waals surface area contributed by atoms with Crippen molar-refractivity contribution >= 4 is 27.8 Å². The minimum atomic E-state index is -0.913. The molecule has 0 aliphatic heterocycles. The largest absolute Gasteiger partial charge is 0.389 e. The number of aliphatic hydroxyl groups is 1. The smallest absolute Gasteiger partial charge is 0.152 e. The number of aryl methyl sites for hydroxylation is 2. The van der Waals surface area contributed by atoms with Gasteiger partial charge >= 0.3 is 0 Å². The molecule has 0 bridgehead atoms. The van der Waals surface area contributed by atoms with E-state index in [0.29, 0.717) is 31.1 Å². The summed E-state index contributed by atoms with van der Waals surface area (Å²) in [5, 5.41) is 11.6. The number of anilines is 1. The monoisotopic (exact) mass is 418 g/mol. The fraction of sp³-hybridized carbons (Fsp3) is 0.360. The van der Waals surface area contributed by atoms with E-state index in [1.165, 1.54) is 11.1 Å². The molecule has 0 spiro atoms. The molecule has 2 aromatic carbocycles. The quantitative estimate of drug-likeness (QED) is 0.446. The predicted molar refractivity (Wildman–Crippen MR) is 125 cm³/mol. The average molecular weight is 419 g/mol. The molecule has 0 saturated carbocycles. The van der Waals surface area contributed by atoms with Crippen LogP contribution in [0.15, 0.2) is 48.5 Å². The molecule has 2 heterocycles. The lowest BCUT2D eigenvalue weighted by molar-refractivity contribution is 0.0582. The molecule has 0 atom stereocenters. The van der Waals surface area contributed by atoms with Crippen molar-refractivity contribution in [1.29, 1.82) is 0 Å². The van der Waals surface area contributed by atoms with Crippen molar-refractivity contribution < 1.29 is 9.84 Å². The first-order valence-corrected chi connectivity index (χ1v) is 10.8. The first-order valence-electron chi connectivity index (χ1n) is 10.8. The fourth-order valence-corrected chi connectivity index (χ4v) is 3.95. The highest BCUT2D eigenvalue weighted by molar-refractivity contribution is 6.06. The third kappa shape index (κ3) is 4.70. The van der Waals surface area contributed by atoms with Crippen LogP contribution in [0.2, 0.25) is 0 Å². The van der Waals surface area contributed by atoms with E-state index in [1.807, 2.05) is 23.6 Å². The van der Waals surface area contributed by atoms with E-state index in [1.54, 1.807) is 13.8 Å². The van der Waals surface area contributed by atoms with Crippen molar-refractivity contribution in [2.75, 3.05) is 12.3 Å². The average Bonchev–Trinajstić information content (AvgIpc) is 3.09. The van der Waals surface area contributed by atoms with Crippen molar-refractivity contribution in [2.45, 2.75) is 52.4 Å². The van der Waals surface area contributed by atoms with Crippen LogP contribution in [0, 0.1) is 0 Å². The number of nitrogens with zero attached hydrogens (tertiary/aromatic N) is 3. The molecule has 0 radical (unpaired) electrons. The Morgan fingerprint density at radius 1 is 1.03 bits per heavy atom. The number of hydrogen-bond donors (Lipinski definition) is 2. The second-order valence-corrected chi connectivity index (χ2v) is 8.60. The van der Waals surface area contributed by atoms with E-state index in [-0.39, 0.29) is 0 Å². The molecule has 31 heavy (non-hydrogen) atoms. The lowest BCUT2D eigenvalue weighted by Crippen LogP contribution is -2.27. The fourth-order valence-electron chi connectivity index (χ4n) is 3.95. The van der Waals surface area contributed by atoms with E-state index in [4.69, 9.17) is 15.5 Å². The number of ether oxygens (including phenoxy) is 1. The van der Waals surface area contributed by atoms with Crippen LogP contribution in [0.1, 0.15) is 37.7 Å². The van der Waals surface area contributed by atoms with Gasteiger partial charge in [-0.05, 0) is 56.9 Å². The van der Waals surface area contributed by atoms with Crippen LogP contribution in [0.5, 0.6) is 0 Å².